The minimum atomic E-state index is -0.484. The van der Waals surface area contributed by atoms with Crippen molar-refractivity contribution in [3.63, 3.8) is 0 Å². The maximum Gasteiger partial charge on any atom is 0.211 e. The van der Waals surface area contributed by atoms with E-state index in [1.54, 1.807) is 13.2 Å². The summed E-state index contributed by atoms with van der Waals surface area (Å²) in [5.74, 6) is 0.199. The SMILES string of the molecule is COc1ccc(/C=C/C(=O)c2c(O)c(OC)c(OC)c(OC)c2OC)cc1C. The standard InChI is InChI=1S/C21H24O7/c1-12-11-13(8-10-15(12)24-2)7-9-14(22)16-17(23)19(26-4)21(28-6)20(27-5)18(16)25-3/h7-11,23H,1-6H3/b9-7+. The Morgan fingerprint density at radius 2 is 1.43 bits per heavy atom. The average Bonchev–Trinajstić information content (AvgIpc) is 2.70. The quantitative estimate of drug-likeness (QED) is 0.546. The Balaban J connectivity index is 2.54. The molecule has 2 rings (SSSR count). The van der Waals surface area contributed by atoms with Gasteiger partial charge in [0.25, 0.3) is 0 Å². The summed E-state index contributed by atoms with van der Waals surface area (Å²) in [7, 11) is 7.12. The molecule has 0 saturated heterocycles. The van der Waals surface area contributed by atoms with E-state index in [0.717, 1.165) is 16.9 Å². The van der Waals surface area contributed by atoms with Gasteiger partial charge in [0, 0.05) is 0 Å². The predicted molar refractivity (Wildman–Crippen MR) is 105 cm³/mol. The summed E-state index contributed by atoms with van der Waals surface area (Å²) < 4.78 is 26.3. The molecule has 0 atom stereocenters. The number of allylic oxidation sites excluding steroid dienone is 1. The lowest BCUT2D eigenvalue weighted by atomic mass is 10.0. The number of phenolic OH excluding ortho intramolecular Hbond substituents is 1. The molecule has 0 aliphatic rings. The lowest BCUT2D eigenvalue weighted by Crippen LogP contribution is -2.06. The summed E-state index contributed by atoms with van der Waals surface area (Å²) in [5.41, 5.74) is 1.65. The molecule has 7 nitrogen and oxygen atoms in total. The first kappa shape index (κ1) is 21.0. The first-order valence-corrected chi connectivity index (χ1v) is 8.39. The number of phenols is 1. The van der Waals surface area contributed by atoms with Crippen LogP contribution in [0, 0.1) is 6.92 Å². The van der Waals surface area contributed by atoms with Crippen LogP contribution in [0.1, 0.15) is 21.5 Å². The van der Waals surface area contributed by atoms with Crippen molar-refractivity contribution in [1.82, 2.24) is 0 Å². The summed E-state index contributed by atoms with van der Waals surface area (Å²) in [4.78, 5) is 12.9. The van der Waals surface area contributed by atoms with E-state index in [1.165, 1.54) is 34.5 Å². The molecule has 0 unspecified atom stereocenters. The molecule has 0 saturated carbocycles. The number of carbonyl (C=O) groups excluding carboxylic acids is 1. The lowest BCUT2D eigenvalue weighted by Gasteiger charge is -2.19. The third kappa shape index (κ3) is 3.83. The van der Waals surface area contributed by atoms with E-state index in [4.69, 9.17) is 23.7 Å². The minimum Gasteiger partial charge on any atom is -0.504 e. The zero-order chi connectivity index (χ0) is 20.8. The third-order valence-electron chi connectivity index (χ3n) is 4.21. The summed E-state index contributed by atoms with van der Waals surface area (Å²) in [6.45, 7) is 1.91. The molecule has 0 heterocycles. The van der Waals surface area contributed by atoms with Crippen LogP contribution < -0.4 is 23.7 Å². The number of rotatable bonds is 8. The molecule has 0 aromatic heterocycles. The molecule has 1 N–H and O–H groups in total. The van der Waals surface area contributed by atoms with Gasteiger partial charge in [-0.2, -0.15) is 0 Å². The number of carbonyl (C=O) groups is 1. The molecule has 0 radical (unpaired) electrons. The zero-order valence-corrected chi connectivity index (χ0v) is 16.8. The maximum absolute atomic E-state index is 12.9. The number of hydrogen-bond acceptors (Lipinski definition) is 7. The van der Waals surface area contributed by atoms with Crippen molar-refractivity contribution in [2.75, 3.05) is 35.5 Å². The first-order valence-electron chi connectivity index (χ1n) is 8.39. The number of benzene rings is 2. The predicted octanol–water partition coefficient (Wildman–Crippen LogP) is 3.64. The normalized spacial score (nSPS) is 10.6. The molecule has 0 fully saturated rings. The van der Waals surface area contributed by atoms with E-state index in [1.807, 2.05) is 25.1 Å². The highest BCUT2D eigenvalue weighted by molar-refractivity contribution is 6.12. The largest absolute Gasteiger partial charge is 0.504 e. The summed E-state index contributed by atoms with van der Waals surface area (Å²) >= 11 is 0. The summed E-state index contributed by atoms with van der Waals surface area (Å²) in [6.07, 6.45) is 2.97. The molecule has 150 valence electrons. The second-order valence-electron chi connectivity index (χ2n) is 5.78. The minimum absolute atomic E-state index is 0.0165. The molecule has 0 amide bonds. The van der Waals surface area contributed by atoms with Crippen molar-refractivity contribution in [3.05, 3.63) is 41.0 Å². The molecule has 0 aliphatic carbocycles. The molecule has 0 aliphatic heterocycles. The summed E-state index contributed by atoms with van der Waals surface area (Å²) in [5, 5.41) is 10.6. The molecule has 2 aromatic carbocycles. The number of hydrogen-bond donors (Lipinski definition) is 1. The van der Waals surface area contributed by atoms with Gasteiger partial charge >= 0.3 is 0 Å². The van der Waals surface area contributed by atoms with E-state index in [9.17, 15) is 9.90 Å². The van der Waals surface area contributed by atoms with Crippen molar-refractivity contribution in [2.24, 2.45) is 0 Å². The van der Waals surface area contributed by atoms with Gasteiger partial charge in [0.15, 0.2) is 17.3 Å². The second kappa shape index (κ2) is 9.03. The third-order valence-corrected chi connectivity index (χ3v) is 4.21. The van der Waals surface area contributed by atoms with Gasteiger partial charge in [0.1, 0.15) is 11.3 Å². The van der Waals surface area contributed by atoms with Crippen LogP contribution in [0.5, 0.6) is 34.5 Å². The Morgan fingerprint density at radius 3 is 1.93 bits per heavy atom. The van der Waals surface area contributed by atoms with E-state index < -0.39 is 11.5 Å². The Hall–Kier alpha value is -3.35. The summed E-state index contributed by atoms with van der Waals surface area (Å²) in [6, 6.07) is 5.52. The molecular formula is C21H24O7. The van der Waals surface area contributed by atoms with Crippen molar-refractivity contribution < 1.29 is 33.6 Å². The highest BCUT2D eigenvalue weighted by Crippen LogP contribution is 2.53. The average molecular weight is 388 g/mol. The highest BCUT2D eigenvalue weighted by Gasteiger charge is 2.30. The lowest BCUT2D eigenvalue weighted by molar-refractivity contribution is 0.104. The van der Waals surface area contributed by atoms with E-state index >= 15 is 0 Å². The zero-order valence-electron chi connectivity index (χ0n) is 16.8. The maximum atomic E-state index is 12.9. The van der Waals surface area contributed by atoms with E-state index in [-0.39, 0.29) is 28.6 Å². The molecular weight excluding hydrogens is 364 g/mol. The van der Waals surface area contributed by atoms with Gasteiger partial charge in [-0.3, -0.25) is 4.79 Å². The van der Waals surface area contributed by atoms with Gasteiger partial charge in [0.2, 0.25) is 17.2 Å². The van der Waals surface area contributed by atoms with Gasteiger partial charge in [-0.15, -0.1) is 0 Å². The van der Waals surface area contributed by atoms with Crippen LogP contribution in [-0.2, 0) is 0 Å². The molecule has 7 heteroatoms. The molecule has 2 aromatic rings. The number of ether oxygens (including phenoxy) is 5. The fourth-order valence-electron chi connectivity index (χ4n) is 2.89. The Labute approximate surface area is 164 Å². The second-order valence-corrected chi connectivity index (χ2v) is 5.78. The molecule has 0 bridgehead atoms. The fourth-order valence-corrected chi connectivity index (χ4v) is 2.89. The Morgan fingerprint density at radius 1 is 0.857 bits per heavy atom. The molecule has 0 spiro atoms. The van der Waals surface area contributed by atoms with Crippen molar-refractivity contribution >= 4 is 11.9 Å². The van der Waals surface area contributed by atoms with Crippen LogP contribution in [-0.4, -0.2) is 46.4 Å². The van der Waals surface area contributed by atoms with Gasteiger partial charge < -0.3 is 28.8 Å². The topological polar surface area (TPSA) is 83.5 Å². The first-order chi connectivity index (χ1) is 13.4. The van der Waals surface area contributed by atoms with Crippen LogP contribution in [0.4, 0.5) is 0 Å². The van der Waals surface area contributed by atoms with Crippen molar-refractivity contribution in [1.29, 1.82) is 0 Å². The van der Waals surface area contributed by atoms with Crippen LogP contribution in [0.15, 0.2) is 24.3 Å². The van der Waals surface area contributed by atoms with Gasteiger partial charge in [0.05, 0.1) is 35.5 Å². The van der Waals surface area contributed by atoms with Crippen molar-refractivity contribution in [2.45, 2.75) is 6.92 Å². The number of aromatic hydroxyl groups is 1. The van der Waals surface area contributed by atoms with E-state index in [2.05, 4.69) is 0 Å². The van der Waals surface area contributed by atoms with Crippen LogP contribution in [0.2, 0.25) is 0 Å². The Bertz CT molecular complexity index is 900. The van der Waals surface area contributed by atoms with Crippen LogP contribution >= 0.6 is 0 Å². The molecule has 28 heavy (non-hydrogen) atoms. The smallest absolute Gasteiger partial charge is 0.211 e. The number of methoxy groups -OCH3 is 5. The van der Waals surface area contributed by atoms with Gasteiger partial charge in [-0.25, -0.2) is 0 Å². The Kier molecular flexibility index (Phi) is 6.76. The van der Waals surface area contributed by atoms with Crippen LogP contribution in [0.3, 0.4) is 0 Å². The van der Waals surface area contributed by atoms with Gasteiger partial charge in [-0.05, 0) is 36.3 Å². The van der Waals surface area contributed by atoms with Gasteiger partial charge in [-0.1, -0.05) is 12.1 Å². The van der Waals surface area contributed by atoms with Crippen molar-refractivity contribution in [3.8, 4) is 34.5 Å². The monoisotopic (exact) mass is 388 g/mol. The number of ketones is 1. The highest BCUT2D eigenvalue weighted by atomic mass is 16.5. The van der Waals surface area contributed by atoms with Crippen LogP contribution in [0.25, 0.3) is 6.08 Å². The fraction of sp³-hybridized carbons (Fsp3) is 0.286. The van der Waals surface area contributed by atoms with E-state index in [0.29, 0.717) is 0 Å². The number of aryl methyl sites for hydroxylation is 1.